The highest BCUT2D eigenvalue weighted by Gasteiger charge is 2.36. The number of hydrogen-bond acceptors (Lipinski definition) is 5. The minimum atomic E-state index is 0.00290. The van der Waals surface area contributed by atoms with Crippen molar-refractivity contribution in [3.63, 3.8) is 0 Å². The van der Waals surface area contributed by atoms with Crippen LogP contribution >= 0.6 is 0 Å². The fourth-order valence-electron chi connectivity index (χ4n) is 3.18. The van der Waals surface area contributed by atoms with E-state index in [1.54, 1.807) is 11.7 Å². The Morgan fingerprint density at radius 2 is 2.33 bits per heavy atom. The van der Waals surface area contributed by atoms with Gasteiger partial charge in [-0.15, -0.1) is 5.10 Å². The van der Waals surface area contributed by atoms with E-state index in [1.165, 1.54) is 0 Å². The van der Waals surface area contributed by atoms with E-state index in [0.29, 0.717) is 13.0 Å². The number of ether oxygens (including phenoxy) is 1. The van der Waals surface area contributed by atoms with Crippen molar-refractivity contribution in [3.8, 4) is 0 Å². The monoisotopic (exact) mass is 294 g/mol. The first-order valence-electron chi connectivity index (χ1n) is 7.63. The van der Waals surface area contributed by atoms with Crippen LogP contribution in [0.2, 0.25) is 0 Å². The standard InChI is InChI=1S/C13H22N6O2/c1-18-12(15-16-17-18)6-7-14-13(20)19-8-2-4-10(19)11-5-3-9-21-11/h10-11H,2-9H2,1H3,(H,14,20). The molecule has 0 spiro atoms. The van der Waals surface area contributed by atoms with Crippen LogP contribution in [0.4, 0.5) is 4.79 Å². The average molecular weight is 294 g/mol. The highest BCUT2D eigenvalue weighted by Crippen LogP contribution is 2.27. The number of hydrogen-bond donors (Lipinski definition) is 1. The van der Waals surface area contributed by atoms with Crippen molar-refractivity contribution in [2.24, 2.45) is 7.05 Å². The molecule has 1 aromatic rings. The van der Waals surface area contributed by atoms with E-state index in [-0.39, 0.29) is 18.2 Å². The van der Waals surface area contributed by atoms with Gasteiger partial charge in [0.2, 0.25) is 0 Å². The van der Waals surface area contributed by atoms with E-state index >= 15 is 0 Å². The van der Waals surface area contributed by atoms with Crippen molar-refractivity contribution >= 4 is 6.03 Å². The molecule has 0 aliphatic carbocycles. The highest BCUT2D eigenvalue weighted by molar-refractivity contribution is 5.74. The molecule has 21 heavy (non-hydrogen) atoms. The zero-order chi connectivity index (χ0) is 14.7. The number of urea groups is 1. The van der Waals surface area contributed by atoms with Gasteiger partial charge in [0.15, 0.2) is 5.82 Å². The highest BCUT2D eigenvalue weighted by atomic mass is 16.5. The van der Waals surface area contributed by atoms with Crippen LogP contribution in [-0.2, 0) is 18.2 Å². The Kier molecular flexibility index (Phi) is 4.33. The molecule has 116 valence electrons. The molecule has 0 saturated carbocycles. The molecule has 3 heterocycles. The molecular weight excluding hydrogens is 272 g/mol. The first-order valence-corrected chi connectivity index (χ1v) is 7.63. The molecule has 3 rings (SSSR count). The fourth-order valence-corrected chi connectivity index (χ4v) is 3.18. The van der Waals surface area contributed by atoms with Gasteiger partial charge in [-0.3, -0.25) is 0 Å². The number of rotatable bonds is 4. The lowest BCUT2D eigenvalue weighted by Crippen LogP contribution is -2.47. The molecule has 1 N–H and O–H groups in total. The third kappa shape index (κ3) is 3.15. The van der Waals surface area contributed by atoms with Crippen LogP contribution in [0.1, 0.15) is 31.5 Å². The summed E-state index contributed by atoms with van der Waals surface area (Å²) < 4.78 is 7.37. The maximum absolute atomic E-state index is 12.3. The summed E-state index contributed by atoms with van der Waals surface area (Å²) in [6.45, 7) is 2.19. The summed E-state index contributed by atoms with van der Waals surface area (Å²) in [6.07, 6.45) is 5.14. The van der Waals surface area contributed by atoms with E-state index in [2.05, 4.69) is 20.8 Å². The number of aromatic nitrogens is 4. The van der Waals surface area contributed by atoms with Gasteiger partial charge in [0, 0.05) is 33.2 Å². The molecule has 2 unspecified atom stereocenters. The van der Waals surface area contributed by atoms with Gasteiger partial charge in [0.25, 0.3) is 0 Å². The molecule has 0 aromatic carbocycles. The largest absolute Gasteiger partial charge is 0.376 e. The Morgan fingerprint density at radius 1 is 1.43 bits per heavy atom. The van der Waals surface area contributed by atoms with E-state index in [9.17, 15) is 4.79 Å². The Bertz CT molecular complexity index is 485. The second-order valence-corrected chi connectivity index (χ2v) is 5.66. The Hall–Kier alpha value is -1.70. The van der Waals surface area contributed by atoms with Gasteiger partial charge in [-0.05, 0) is 36.1 Å². The van der Waals surface area contributed by atoms with Crippen LogP contribution in [-0.4, -0.2) is 63.0 Å². The second-order valence-electron chi connectivity index (χ2n) is 5.66. The molecule has 8 heteroatoms. The minimum absolute atomic E-state index is 0.00290. The molecule has 2 atom stereocenters. The molecular formula is C13H22N6O2. The van der Waals surface area contributed by atoms with E-state index < -0.39 is 0 Å². The normalized spacial score (nSPS) is 25.5. The van der Waals surface area contributed by atoms with Crippen LogP contribution in [0, 0.1) is 0 Å². The minimum Gasteiger partial charge on any atom is -0.376 e. The predicted octanol–water partition coefficient (Wildman–Crippen LogP) is 0.106. The maximum atomic E-state index is 12.3. The molecule has 2 fully saturated rings. The topological polar surface area (TPSA) is 85.2 Å². The smallest absolute Gasteiger partial charge is 0.317 e. The van der Waals surface area contributed by atoms with Crippen molar-refractivity contribution in [1.82, 2.24) is 30.4 Å². The summed E-state index contributed by atoms with van der Waals surface area (Å²) in [6, 6.07) is 0.243. The van der Waals surface area contributed by atoms with Crippen molar-refractivity contribution in [2.75, 3.05) is 19.7 Å². The molecule has 0 radical (unpaired) electrons. The van der Waals surface area contributed by atoms with Crippen LogP contribution in [0.15, 0.2) is 0 Å². The number of tetrazole rings is 1. The predicted molar refractivity (Wildman–Crippen MR) is 74.6 cm³/mol. The lowest BCUT2D eigenvalue weighted by Gasteiger charge is -2.28. The van der Waals surface area contributed by atoms with Gasteiger partial charge < -0.3 is 15.0 Å². The second kappa shape index (κ2) is 6.38. The lowest BCUT2D eigenvalue weighted by atomic mass is 10.1. The summed E-state index contributed by atoms with van der Waals surface area (Å²) in [5.74, 6) is 0.771. The number of carbonyl (C=O) groups excluding carboxylic acids is 1. The third-order valence-electron chi connectivity index (χ3n) is 4.29. The molecule has 2 saturated heterocycles. The number of nitrogens with one attached hydrogen (secondary N) is 1. The third-order valence-corrected chi connectivity index (χ3v) is 4.29. The summed E-state index contributed by atoms with van der Waals surface area (Å²) in [5.41, 5.74) is 0. The van der Waals surface area contributed by atoms with Gasteiger partial charge in [-0.25, -0.2) is 9.48 Å². The van der Waals surface area contributed by atoms with Crippen molar-refractivity contribution < 1.29 is 9.53 Å². The maximum Gasteiger partial charge on any atom is 0.317 e. The molecule has 0 bridgehead atoms. The van der Waals surface area contributed by atoms with Crippen molar-refractivity contribution in [3.05, 3.63) is 5.82 Å². The number of nitrogens with zero attached hydrogens (tertiary/aromatic N) is 5. The summed E-state index contributed by atoms with van der Waals surface area (Å²) >= 11 is 0. The van der Waals surface area contributed by atoms with Crippen LogP contribution in [0.5, 0.6) is 0 Å². The fraction of sp³-hybridized carbons (Fsp3) is 0.846. The van der Waals surface area contributed by atoms with Gasteiger partial charge in [-0.2, -0.15) is 0 Å². The zero-order valence-corrected chi connectivity index (χ0v) is 12.4. The van der Waals surface area contributed by atoms with Gasteiger partial charge in [-0.1, -0.05) is 0 Å². The quantitative estimate of drug-likeness (QED) is 0.851. The summed E-state index contributed by atoms with van der Waals surface area (Å²) in [7, 11) is 1.80. The van der Waals surface area contributed by atoms with Crippen molar-refractivity contribution in [1.29, 1.82) is 0 Å². The van der Waals surface area contributed by atoms with Crippen molar-refractivity contribution in [2.45, 2.75) is 44.2 Å². The number of aryl methyl sites for hydroxylation is 1. The Balaban J connectivity index is 1.49. The molecule has 8 nitrogen and oxygen atoms in total. The SMILES string of the molecule is Cn1nnnc1CCNC(=O)N1CCCC1C1CCCO1. The number of likely N-dealkylation sites (tertiary alicyclic amines) is 1. The molecule has 2 aliphatic rings. The van der Waals surface area contributed by atoms with Crippen LogP contribution < -0.4 is 5.32 Å². The molecule has 2 aliphatic heterocycles. The van der Waals surface area contributed by atoms with Gasteiger partial charge in [0.05, 0.1) is 12.1 Å². The first-order chi connectivity index (χ1) is 10.3. The van der Waals surface area contributed by atoms with Crippen LogP contribution in [0.3, 0.4) is 0 Å². The number of carbonyl (C=O) groups is 1. The van der Waals surface area contributed by atoms with Crippen LogP contribution in [0.25, 0.3) is 0 Å². The van der Waals surface area contributed by atoms with Gasteiger partial charge in [0.1, 0.15) is 0 Å². The molecule has 2 amide bonds. The Morgan fingerprint density at radius 3 is 3.05 bits per heavy atom. The molecule has 1 aromatic heterocycles. The summed E-state index contributed by atoms with van der Waals surface area (Å²) in [4.78, 5) is 14.3. The lowest BCUT2D eigenvalue weighted by molar-refractivity contribution is 0.0521. The zero-order valence-electron chi connectivity index (χ0n) is 12.4. The van der Waals surface area contributed by atoms with E-state index in [1.807, 2.05) is 4.90 Å². The number of amides is 2. The first kappa shape index (κ1) is 14.2. The van der Waals surface area contributed by atoms with E-state index in [4.69, 9.17) is 4.74 Å². The van der Waals surface area contributed by atoms with E-state index in [0.717, 1.165) is 44.7 Å². The van der Waals surface area contributed by atoms with Gasteiger partial charge >= 0.3 is 6.03 Å². The average Bonchev–Trinajstić information content (AvgIpc) is 3.19. The Labute approximate surface area is 123 Å². The summed E-state index contributed by atoms with van der Waals surface area (Å²) in [5, 5.41) is 14.2.